The van der Waals surface area contributed by atoms with Gasteiger partial charge in [0.15, 0.2) is 18.1 Å². The normalized spacial score (nSPS) is 11.3. The van der Waals surface area contributed by atoms with Gasteiger partial charge in [-0.05, 0) is 56.7 Å². The molecule has 0 spiro atoms. The molecule has 7 nitrogen and oxygen atoms in total. The molecule has 0 aromatic heterocycles. The molecule has 1 atom stereocenters. The molecule has 0 aliphatic rings. The maximum Gasteiger partial charge on any atom is 0.338 e. The van der Waals surface area contributed by atoms with Crippen molar-refractivity contribution in [3.8, 4) is 17.2 Å². The molecule has 0 saturated carbocycles. The summed E-state index contributed by atoms with van der Waals surface area (Å²) in [5, 5.41) is 2.80. The summed E-state index contributed by atoms with van der Waals surface area (Å²) >= 11 is 0. The summed E-state index contributed by atoms with van der Waals surface area (Å²) in [6, 6.07) is 11.9. The topological polar surface area (TPSA) is 83.1 Å². The summed E-state index contributed by atoms with van der Waals surface area (Å²) < 4.78 is 21.3. The van der Waals surface area contributed by atoms with Crippen LogP contribution in [0.25, 0.3) is 0 Å². The first-order valence-corrected chi connectivity index (χ1v) is 9.48. The molecule has 2 rings (SSSR count). The largest absolute Gasteiger partial charge is 0.497 e. The molecule has 2 aromatic carbocycles. The second-order valence-electron chi connectivity index (χ2n) is 6.17. The lowest BCUT2D eigenvalue weighted by Crippen LogP contribution is -2.31. The van der Waals surface area contributed by atoms with Crippen molar-refractivity contribution in [3.05, 3.63) is 53.6 Å². The van der Waals surface area contributed by atoms with Gasteiger partial charge in [-0.25, -0.2) is 4.79 Å². The van der Waals surface area contributed by atoms with E-state index in [9.17, 15) is 9.59 Å². The van der Waals surface area contributed by atoms with Crippen LogP contribution >= 0.6 is 0 Å². The second kappa shape index (κ2) is 10.9. The molecule has 7 heteroatoms. The van der Waals surface area contributed by atoms with E-state index in [2.05, 4.69) is 5.32 Å². The lowest BCUT2D eigenvalue weighted by atomic mass is 10.1. The summed E-state index contributed by atoms with van der Waals surface area (Å²) in [5.41, 5.74) is 1.17. The Labute approximate surface area is 170 Å². The minimum absolute atomic E-state index is 0.258. The first kappa shape index (κ1) is 22.1. The number of methoxy groups -OCH3 is 1. The van der Waals surface area contributed by atoms with Crippen LogP contribution in [0.1, 0.15) is 42.7 Å². The zero-order chi connectivity index (χ0) is 21.2. The van der Waals surface area contributed by atoms with Gasteiger partial charge in [0.2, 0.25) is 0 Å². The first-order chi connectivity index (χ1) is 14.0. The zero-order valence-corrected chi connectivity index (χ0v) is 17.2. The van der Waals surface area contributed by atoms with E-state index in [-0.39, 0.29) is 18.2 Å². The minimum atomic E-state index is -0.613. The summed E-state index contributed by atoms with van der Waals surface area (Å²) in [4.78, 5) is 24.5. The van der Waals surface area contributed by atoms with Gasteiger partial charge < -0.3 is 24.3 Å². The quantitative estimate of drug-likeness (QED) is 0.613. The number of ether oxygens (including phenoxy) is 4. The van der Waals surface area contributed by atoms with E-state index in [4.69, 9.17) is 18.9 Å². The SMILES string of the molecule is CCOc1ccc(C(=O)OCC(=O)N[C@H](C)c2cccc(OC)c2)cc1OCC. The highest BCUT2D eigenvalue weighted by molar-refractivity contribution is 5.92. The maximum absolute atomic E-state index is 12.3. The highest BCUT2D eigenvalue weighted by atomic mass is 16.5. The van der Waals surface area contributed by atoms with Crippen LogP contribution in [0.4, 0.5) is 0 Å². The highest BCUT2D eigenvalue weighted by Crippen LogP contribution is 2.28. The molecule has 0 saturated heterocycles. The Morgan fingerprint density at radius 2 is 1.72 bits per heavy atom. The van der Waals surface area contributed by atoms with E-state index in [1.54, 1.807) is 25.3 Å². The molecule has 0 aliphatic heterocycles. The smallest absolute Gasteiger partial charge is 0.338 e. The van der Waals surface area contributed by atoms with Crippen LogP contribution in [-0.4, -0.2) is 38.8 Å². The average molecular weight is 401 g/mol. The molecule has 29 heavy (non-hydrogen) atoms. The van der Waals surface area contributed by atoms with Gasteiger partial charge in [0.25, 0.3) is 5.91 Å². The Hall–Kier alpha value is -3.22. The molecule has 0 heterocycles. The number of benzene rings is 2. The van der Waals surface area contributed by atoms with Gasteiger partial charge in [0, 0.05) is 0 Å². The Kier molecular flexibility index (Phi) is 8.33. The number of amides is 1. The van der Waals surface area contributed by atoms with Crippen LogP contribution in [-0.2, 0) is 9.53 Å². The molecule has 156 valence electrons. The van der Waals surface area contributed by atoms with Crippen molar-refractivity contribution in [2.75, 3.05) is 26.9 Å². The standard InChI is InChI=1S/C22H27NO6/c1-5-27-19-11-10-17(13-20(19)28-6-2)22(25)29-14-21(24)23-15(3)16-8-7-9-18(12-16)26-4/h7-13,15H,5-6,14H2,1-4H3,(H,23,24)/t15-/m1/s1. The number of rotatable bonds is 10. The van der Waals surface area contributed by atoms with Gasteiger partial charge >= 0.3 is 5.97 Å². The predicted octanol–water partition coefficient (Wildman–Crippen LogP) is 3.53. The minimum Gasteiger partial charge on any atom is -0.497 e. The third-order valence-corrected chi connectivity index (χ3v) is 4.08. The molecule has 1 N–H and O–H groups in total. The van der Waals surface area contributed by atoms with E-state index in [0.717, 1.165) is 5.56 Å². The summed E-state index contributed by atoms with van der Waals surface area (Å²) in [7, 11) is 1.58. The monoisotopic (exact) mass is 401 g/mol. The molecule has 0 bridgehead atoms. The van der Waals surface area contributed by atoms with Crippen molar-refractivity contribution in [3.63, 3.8) is 0 Å². The average Bonchev–Trinajstić information content (AvgIpc) is 2.73. The van der Waals surface area contributed by atoms with E-state index in [1.165, 1.54) is 0 Å². The van der Waals surface area contributed by atoms with Crippen molar-refractivity contribution < 1.29 is 28.5 Å². The highest BCUT2D eigenvalue weighted by Gasteiger charge is 2.16. The third kappa shape index (κ3) is 6.41. The summed E-state index contributed by atoms with van der Waals surface area (Å²) in [5.74, 6) is 0.703. The van der Waals surface area contributed by atoms with Gasteiger partial charge in [-0.3, -0.25) is 4.79 Å². The molecular formula is C22H27NO6. The van der Waals surface area contributed by atoms with Crippen molar-refractivity contribution in [2.24, 2.45) is 0 Å². The van der Waals surface area contributed by atoms with Gasteiger partial charge in [0.1, 0.15) is 5.75 Å². The molecule has 0 unspecified atom stereocenters. The van der Waals surface area contributed by atoms with Gasteiger partial charge in [-0.2, -0.15) is 0 Å². The van der Waals surface area contributed by atoms with Gasteiger partial charge in [-0.1, -0.05) is 12.1 Å². The van der Waals surface area contributed by atoms with Crippen LogP contribution in [0, 0.1) is 0 Å². The Morgan fingerprint density at radius 3 is 2.41 bits per heavy atom. The molecule has 0 radical (unpaired) electrons. The molecular weight excluding hydrogens is 374 g/mol. The lowest BCUT2D eigenvalue weighted by molar-refractivity contribution is -0.124. The number of carbonyl (C=O) groups excluding carboxylic acids is 2. The number of nitrogens with one attached hydrogen (secondary N) is 1. The van der Waals surface area contributed by atoms with Gasteiger partial charge in [-0.15, -0.1) is 0 Å². The van der Waals surface area contributed by atoms with Crippen LogP contribution in [0.5, 0.6) is 17.2 Å². The van der Waals surface area contributed by atoms with E-state index in [0.29, 0.717) is 30.5 Å². The van der Waals surface area contributed by atoms with E-state index < -0.39 is 11.9 Å². The predicted molar refractivity (Wildman–Crippen MR) is 109 cm³/mol. The van der Waals surface area contributed by atoms with Crippen LogP contribution in [0.15, 0.2) is 42.5 Å². The number of hydrogen-bond donors (Lipinski definition) is 1. The first-order valence-electron chi connectivity index (χ1n) is 9.48. The maximum atomic E-state index is 12.3. The second-order valence-corrected chi connectivity index (χ2v) is 6.17. The van der Waals surface area contributed by atoms with Crippen molar-refractivity contribution in [1.29, 1.82) is 0 Å². The van der Waals surface area contributed by atoms with Gasteiger partial charge in [0.05, 0.1) is 31.9 Å². The Balaban J connectivity index is 1.93. The van der Waals surface area contributed by atoms with Crippen molar-refractivity contribution >= 4 is 11.9 Å². The van der Waals surface area contributed by atoms with Crippen molar-refractivity contribution in [1.82, 2.24) is 5.32 Å². The van der Waals surface area contributed by atoms with Crippen LogP contribution in [0.2, 0.25) is 0 Å². The fraction of sp³-hybridized carbons (Fsp3) is 0.364. The fourth-order valence-electron chi connectivity index (χ4n) is 2.67. The lowest BCUT2D eigenvalue weighted by Gasteiger charge is -2.15. The molecule has 1 amide bonds. The number of hydrogen-bond acceptors (Lipinski definition) is 6. The fourth-order valence-corrected chi connectivity index (χ4v) is 2.67. The zero-order valence-electron chi connectivity index (χ0n) is 17.2. The summed E-state index contributed by atoms with van der Waals surface area (Å²) in [6.07, 6.45) is 0. The molecule has 0 aliphatic carbocycles. The van der Waals surface area contributed by atoms with Crippen LogP contribution < -0.4 is 19.5 Å². The number of esters is 1. The van der Waals surface area contributed by atoms with E-state index in [1.807, 2.05) is 45.0 Å². The summed E-state index contributed by atoms with van der Waals surface area (Å²) in [6.45, 7) is 6.08. The molecule has 0 fully saturated rings. The third-order valence-electron chi connectivity index (χ3n) is 4.08. The molecule has 2 aromatic rings. The van der Waals surface area contributed by atoms with Crippen molar-refractivity contribution in [2.45, 2.75) is 26.8 Å². The number of carbonyl (C=O) groups is 2. The van der Waals surface area contributed by atoms with E-state index >= 15 is 0 Å². The Morgan fingerprint density at radius 1 is 1.00 bits per heavy atom. The van der Waals surface area contributed by atoms with Crippen LogP contribution in [0.3, 0.4) is 0 Å². The Bertz CT molecular complexity index is 836.